The van der Waals surface area contributed by atoms with Gasteiger partial charge in [0, 0.05) is 0 Å². The summed E-state index contributed by atoms with van der Waals surface area (Å²) in [5, 5.41) is 8.91. The second-order valence-corrected chi connectivity index (χ2v) is 4.97. The maximum absolute atomic E-state index is 10.9. The van der Waals surface area contributed by atoms with Gasteiger partial charge in [-0.1, -0.05) is 0 Å². The molecule has 1 aromatic carbocycles. The van der Waals surface area contributed by atoms with E-state index in [0.717, 1.165) is 5.56 Å². The van der Waals surface area contributed by atoms with Gasteiger partial charge in [0.25, 0.3) is 0 Å². The zero-order valence-electron chi connectivity index (χ0n) is 12.4. The molecule has 0 saturated carbocycles. The van der Waals surface area contributed by atoms with Crippen LogP contribution >= 0.6 is 0 Å². The highest BCUT2D eigenvalue weighted by atomic mass is 16.6. The van der Waals surface area contributed by atoms with Crippen molar-refractivity contribution in [1.82, 2.24) is 0 Å². The highest BCUT2D eigenvalue weighted by Gasteiger charge is 2.31. The van der Waals surface area contributed by atoms with E-state index in [0.29, 0.717) is 30.1 Å². The predicted octanol–water partition coefficient (Wildman–Crippen LogP) is 2.02. The average Bonchev–Trinajstić information content (AvgIpc) is 2.94. The van der Waals surface area contributed by atoms with E-state index in [2.05, 4.69) is 0 Å². The van der Waals surface area contributed by atoms with Gasteiger partial charge in [-0.2, -0.15) is 0 Å². The number of methoxy groups -OCH3 is 2. The molecule has 0 aromatic heterocycles. The third-order valence-electron chi connectivity index (χ3n) is 3.40. The van der Waals surface area contributed by atoms with E-state index in [1.807, 2.05) is 19.1 Å². The first-order valence-corrected chi connectivity index (χ1v) is 6.78. The summed E-state index contributed by atoms with van der Waals surface area (Å²) >= 11 is 0. The number of benzene rings is 1. The van der Waals surface area contributed by atoms with Gasteiger partial charge in [0.2, 0.25) is 5.75 Å². The zero-order chi connectivity index (χ0) is 15.4. The number of hydrogen-bond donors (Lipinski definition) is 1. The molecule has 2 rings (SSSR count). The summed E-state index contributed by atoms with van der Waals surface area (Å²) in [4.78, 5) is 10.9. The molecular formula is C15H20O6. The smallest absolute Gasteiger partial charge is 0.332 e. The minimum Gasteiger partial charge on any atom is -0.493 e. The van der Waals surface area contributed by atoms with Crippen LogP contribution in [0.1, 0.15) is 18.4 Å². The van der Waals surface area contributed by atoms with E-state index in [9.17, 15) is 4.79 Å². The van der Waals surface area contributed by atoms with Crippen molar-refractivity contribution in [2.45, 2.75) is 32.0 Å². The highest BCUT2D eigenvalue weighted by molar-refractivity contribution is 5.72. The molecule has 2 unspecified atom stereocenters. The molecule has 0 amide bonds. The largest absolute Gasteiger partial charge is 0.493 e. The fraction of sp³-hybridized carbons (Fsp3) is 0.533. The van der Waals surface area contributed by atoms with Crippen LogP contribution in [0.5, 0.6) is 17.2 Å². The molecule has 1 N–H and O–H groups in total. The van der Waals surface area contributed by atoms with Gasteiger partial charge in [-0.05, 0) is 37.5 Å². The first kappa shape index (κ1) is 15.4. The third kappa shape index (κ3) is 3.58. The van der Waals surface area contributed by atoms with Crippen LogP contribution in [0, 0.1) is 6.92 Å². The molecule has 1 aromatic rings. The Labute approximate surface area is 123 Å². The maximum Gasteiger partial charge on any atom is 0.332 e. The molecule has 1 aliphatic rings. The van der Waals surface area contributed by atoms with Gasteiger partial charge in [-0.25, -0.2) is 4.79 Å². The second kappa shape index (κ2) is 6.67. The number of hydrogen-bond acceptors (Lipinski definition) is 5. The Balaban J connectivity index is 2.05. The molecule has 6 heteroatoms. The van der Waals surface area contributed by atoms with Crippen molar-refractivity contribution in [3.05, 3.63) is 17.7 Å². The molecule has 0 aliphatic carbocycles. The lowest BCUT2D eigenvalue weighted by molar-refractivity contribution is -0.149. The fourth-order valence-corrected chi connectivity index (χ4v) is 2.34. The molecule has 1 aliphatic heterocycles. The Bertz CT molecular complexity index is 488. The number of aryl methyl sites for hydroxylation is 1. The van der Waals surface area contributed by atoms with Crippen molar-refractivity contribution in [3.63, 3.8) is 0 Å². The van der Waals surface area contributed by atoms with Gasteiger partial charge >= 0.3 is 5.97 Å². The molecule has 1 heterocycles. The number of carboxylic acids is 1. The average molecular weight is 296 g/mol. The van der Waals surface area contributed by atoms with E-state index in [1.54, 1.807) is 14.2 Å². The molecule has 21 heavy (non-hydrogen) atoms. The summed E-state index contributed by atoms with van der Waals surface area (Å²) in [5.74, 6) is 0.746. The standard InChI is InChI=1S/C15H20O6/c1-9-6-12(18-2)14(13(7-9)19-3)20-8-10-4-5-11(21-10)15(16)17/h6-7,10-11H,4-5,8H2,1-3H3,(H,16,17). The van der Waals surface area contributed by atoms with Crippen LogP contribution in [0.2, 0.25) is 0 Å². The van der Waals surface area contributed by atoms with Crippen molar-refractivity contribution in [2.75, 3.05) is 20.8 Å². The van der Waals surface area contributed by atoms with Crippen molar-refractivity contribution in [3.8, 4) is 17.2 Å². The van der Waals surface area contributed by atoms with Crippen LogP contribution in [0.3, 0.4) is 0 Å². The molecule has 2 atom stereocenters. The van der Waals surface area contributed by atoms with Crippen molar-refractivity contribution in [1.29, 1.82) is 0 Å². The van der Waals surface area contributed by atoms with Crippen LogP contribution in [-0.2, 0) is 9.53 Å². The SMILES string of the molecule is COc1cc(C)cc(OC)c1OCC1CCC(C(=O)O)O1. The van der Waals surface area contributed by atoms with Gasteiger partial charge in [0.05, 0.1) is 20.3 Å². The van der Waals surface area contributed by atoms with Crippen LogP contribution < -0.4 is 14.2 Å². The quantitative estimate of drug-likeness (QED) is 0.865. The molecule has 6 nitrogen and oxygen atoms in total. The third-order valence-corrected chi connectivity index (χ3v) is 3.40. The fourth-order valence-electron chi connectivity index (χ4n) is 2.34. The van der Waals surface area contributed by atoms with E-state index in [1.165, 1.54) is 0 Å². The lowest BCUT2D eigenvalue weighted by Crippen LogP contribution is -2.23. The Hall–Kier alpha value is -1.95. The van der Waals surface area contributed by atoms with E-state index >= 15 is 0 Å². The number of carbonyl (C=O) groups is 1. The van der Waals surface area contributed by atoms with Gasteiger partial charge in [0.15, 0.2) is 17.6 Å². The van der Waals surface area contributed by atoms with Gasteiger partial charge in [-0.3, -0.25) is 0 Å². The first-order chi connectivity index (χ1) is 10.0. The summed E-state index contributed by atoms with van der Waals surface area (Å²) in [6, 6.07) is 3.71. The lowest BCUT2D eigenvalue weighted by Gasteiger charge is -2.17. The highest BCUT2D eigenvalue weighted by Crippen LogP contribution is 2.38. The van der Waals surface area contributed by atoms with E-state index in [-0.39, 0.29) is 12.7 Å². The Morgan fingerprint density at radius 3 is 2.38 bits per heavy atom. The molecule has 1 saturated heterocycles. The molecule has 0 radical (unpaired) electrons. The minimum absolute atomic E-state index is 0.234. The summed E-state index contributed by atoms with van der Waals surface area (Å²) in [6.45, 7) is 2.20. The van der Waals surface area contributed by atoms with Crippen molar-refractivity contribution < 1.29 is 28.8 Å². The second-order valence-electron chi connectivity index (χ2n) is 4.97. The topological polar surface area (TPSA) is 74.2 Å². The Kier molecular flexibility index (Phi) is 4.90. The molecule has 1 fully saturated rings. The monoisotopic (exact) mass is 296 g/mol. The summed E-state index contributed by atoms with van der Waals surface area (Å²) in [5.41, 5.74) is 0.999. The van der Waals surface area contributed by atoms with Crippen molar-refractivity contribution >= 4 is 5.97 Å². The molecular weight excluding hydrogens is 276 g/mol. The zero-order valence-corrected chi connectivity index (χ0v) is 12.4. The normalized spacial score (nSPS) is 21.1. The molecule has 0 bridgehead atoms. The summed E-state index contributed by atoms with van der Waals surface area (Å²) in [6.07, 6.45) is 0.195. The Morgan fingerprint density at radius 2 is 1.90 bits per heavy atom. The molecule has 116 valence electrons. The summed E-state index contributed by atoms with van der Waals surface area (Å²) in [7, 11) is 3.13. The lowest BCUT2D eigenvalue weighted by atomic mass is 10.2. The van der Waals surface area contributed by atoms with E-state index < -0.39 is 12.1 Å². The number of rotatable bonds is 6. The van der Waals surface area contributed by atoms with E-state index in [4.69, 9.17) is 24.1 Å². The van der Waals surface area contributed by atoms with Crippen LogP contribution in [0.25, 0.3) is 0 Å². The van der Waals surface area contributed by atoms with Gasteiger partial charge in [-0.15, -0.1) is 0 Å². The predicted molar refractivity (Wildman–Crippen MR) is 75.3 cm³/mol. The number of aliphatic carboxylic acids is 1. The van der Waals surface area contributed by atoms with Gasteiger partial charge < -0.3 is 24.1 Å². The maximum atomic E-state index is 10.9. The van der Waals surface area contributed by atoms with Gasteiger partial charge in [0.1, 0.15) is 6.61 Å². The molecule has 0 spiro atoms. The first-order valence-electron chi connectivity index (χ1n) is 6.78. The van der Waals surface area contributed by atoms with Crippen LogP contribution in [-0.4, -0.2) is 44.1 Å². The number of carboxylic acid groups (broad SMARTS) is 1. The number of ether oxygens (including phenoxy) is 4. The Morgan fingerprint density at radius 1 is 1.29 bits per heavy atom. The van der Waals surface area contributed by atoms with Crippen LogP contribution in [0.4, 0.5) is 0 Å². The minimum atomic E-state index is -0.928. The van der Waals surface area contributed by atoms with Crippen molar-refractivity contribution in [2.24, 2.45) is 0 Å². The van der Waals surface area contributed by atoms with Crippen LogP contribution in [0.15, 0.2) is 12.1 Å². The summed E-state index contributed by atoms with van der Waals surface area (Å²) < 4.78 is 21.8.